The summed E-state index contributed by atoms with van der Waals surface area (Å²) < 4.78 is 0. The van der Waals surface area contributed by atoms with E-state index >= 15 is 0 Å². The Bertz CT molecular complexity index is 472. The zero-order valence-electron chi connectivity index (χ0n) is 9.80. The van der Waals surface area contributed by atoms with Crippen LogP contribution in [0.25, 0.3) is 0 Å². The summed E-state index contributed by atoms with van der Waals surface area (Å²) in [6.07, 6.45) is -0.395. The lowest BCUT2D eigenvalue weighted by Crippen LogP contribution is -2.33. The lowest BCUT2D eigenvalue weighted by Gasteiger charge is -2.17. The predicted octanol–water partition coefficient (Wildman–Crippen LogP) is 0.626. The maximum Gasteiger partial charge on any atom is 0.303 e. The number of carbonyl (C=O) groups excluding carboxylic acids is 1. The van der Waals surface area contributed by atoms with Gasteiger partial charge in [-0.3, -0.25) is 9.59 Å². The number of fused-ring (bicyclic) bond motifs is 1. The SMILES string of the molecule is O=C(O)CCC(=O)NC1c2ccccc2CC1O. The maximum absolute atomic E-state index is 11.6. The summed E-state index contributed by atoms with van der Waals surface area (Å²) >= 11 is 0. The average Bonchev–Trinajstić information content (AvgIpc) is 2.64. The van der Waals surface area contributed by atoms with Gasteiger partial charge in [0.1, 0.15) is 0 Å². The highest BCUT2D eigenvalue weighted by Crippen LogP contribution is 2.31. The predicted molar refractivity (Wildman–Crippen MR) is 63.9 cm³/mol. The number of carboxylic acids is 1. The van der Waals surface area contributed by atoms with Crippen LogP contribution in [-0.2, 0) is 16.0 Å². The Morgan fingerprint density at radius 1 is 1.28 bits per heavy atom. The quantitative estimate of drug-likeness (QED) is 0.730. The largest absolute Gasteiger partial charge is 0.481 e. The van der Waals surface area contributed by atoms with E-state index in [1.807, 2.05) is 24.3 Å². The van der Waals surface area contributed by atoms with Crippen LogP contribution in [0.1, 0.15) is 30.0 Å². The summed E-state index contributed by atoms with van der Waals surface area (Å²) in [6, 6.07) is 7.10. The smallest absolute Gasteiger partial charge is 0.303 e. The van der Waals surface area contributed by atoms with Crippen LogP contribution in [0.4, 0.5) is 0 Å². The molecule has 0 radical (unpaired) electrons. The Hall–Kier alpha value is -1.88. The van der Waals surface area contributed by atoms with Crippen molar-refractivity contribution in [3.63, 3.8) is 0 Å². The fourth-order valence-corrected chi connectivity index (χ4v) is 2.21. The minimum Gasteiger partial charge on any atom is -0.481 e. The molecule has 1 aromatic carbocycles. The van der Waals surface area contributed by atoms with Crippen molar-refractivity contribution in [1.29, 1.82) is 0 Å². The molecule has 1 aliphatic rings. The van der Waals surface area contributed by atoms with Gasteiger partial charge in [0.25, 0.3) is 0 Å². The standard InChI is InChI=1S/C13H15NO4/c15-10-7-8-3-1-2-4-9(8)13(10)14-11(16)5-6-12(17)18/h1-4,10,13,15H,5-7H2,(H,14,16)(H,17,18). The molecule has 2 rings (SSSR count). The van der Waals surface area contributed by atoms with Gasteiger partial charge in [-0.1, -0.05) is 24.3 Å². The Kier molecular flexibility index (Phi) is 3.62. The molecule has 0 heterocycles. The van der Waals surface area contributed by atoms with Crippen LogP contribution >= 0.6 is 0 Å². The van der Waals surface area contributed by atoms with Crippen LogP contribution < -0.4 is 5.32 Å². The van der Waals surface area contributed by atoms with Gasteiger partial charge in [-0.05, 0) is 11.1 Å². The minimum atomic E-state index is -1.00. The number of amides is 1. The van der Waals surface area contributed by atoms with E-state index < -0.39 is 18.1 Å². The average molecular weight is 249 g/mol. The normalized spacial score (nSPS) is 21.4. The van der Waals surface area contributed by atoms with E-state index in [4.69, 9.17) is 5.11 Å². The van der Waals surface area contributed by atoms with E-state index in [0.717, 1.165) is 11.1 Å². The zero-order chi connectivity index (χ0) is 13.1. The van der Waals surface area contributed by atoms with Gasteiger partial charge in [0.05, 0.1) is 18.6 Å². The number of nitrogens with one attached hydrogen (secondary N) is 1. The summed E-state index contributed by atoms with van der Waals surface area (Å²) in [5.41, 5.74) is 1.93. The maximum atomic E-state index is 11.6. The molecule has 0 saturated carbocycles. The molecule has 18 heavy (non-hydrogen) atoms. The van der Waals surface area contributed by atoms with Gasteiger partial charge in [0.15, 0.2) is 0 Å². The molecule has 0 fully saturated rings. The fourth-order valence-electron chi connectivity index (χ4n) is 2.21. The van der Waals surface area contributed by atoms with Gasteiger partial charge in [0.2, 0.25) is 5.91 Å². The second kappa shape index (κ2) is 5.18. The van der Waals surface area contributed by atoms with Crippen LogP contribution in [0.3, 0.4) is 0 Å². The molecule has 5 nitrogen and oxygen atoms in total. The second-order valence-electron chi connectivity index (χ2n) is 4.41. The fraction of sp³-hybridized carbons (Fsp3) is 0.385. The Labute approximate surface area is 104 Å². The number of aliphatic carboxylic acids is 1. The van der Waals surface area contributed by atoms with Crippen LogP contribution in [0, 0.1) is 0 Å². The van der Waals surface area contributed by atoms with E-state index in [-0.39, 0.29) is 18.7 Å². The van der Waals surface area contributed by atoms with Crippen molar-refractivity contribution < 1.29 is 19.8 Å². The van der Waals surface area contributed by atoms with Gasteiger partial charge in [-0.25, -0.2) is 0 Å². The number of aliphatic hydroxyl groups excluding tert-OH is 1. The highest BCUT2D eigenvalue weighted by atomic mass is 16.4. The Morgan fingerprint density at radius 3 is 2.72 bits per heavy atom. The first-order valence-electron chi connectivity index (χ1n) is 5.85. The van der Waals surface area contributed by atoms with Crippen molar-refractivity contribution in [3.05, 3.63) is 35.4 Å². The lowest BCUT2D eigenvalue weighted by atomic mass is 10.1. The highest BCUT2D eigenvalue weighted by Gasteiger charge is 2.31. The molecular weight excluding hydrogens is 234 g/mol. The van der Waals surface area contributed by atoms with Crippen molar-refractivity contribution in [3.8, 4) is 0 Å². The zero-order valence-corrected chi connectivity index (χ0v) is 9.80. The molecule has 3 N–H and O–H groups in total. The first kappa shape index (κ1) is 12.6. The second-order valence-corrected chi connectivity index (χ2v) is 4.41. The van der Waals surface area contributed by atoms with E-state index in [2.05, 4.69) is 5.32 Å². The number of rotatable bonds is 4. The molecule has 0 bridgehead atoms. The van der Waals surface area contributed by atoms with E-state index in [9.17, 15) is 14.7 Å². The first-order chi connectivity index (χ1) is 8.58. The third kappa shape index (κ3) is 2.68. The molecule has 1 aromatic rings. The number of hydrogen-bond acceptors (Lipinski definition) is 3. The molecule has 0 aliphatic heterocycles. The number of hydrogen-bond donors (Lipinski definition) is 3. The van der Waals surface area contributed by atoms with Crippen molar-refractivity contribution in [2.75, 3.05) is 0 Å². The molecule has 96 valence electrons. The van der Waals surface area contributed by atoms with Crippen molar-refractivity contribution in [2.45, 2.75) is 31.4 Å². The summed E-state index contributed by atoms with van der Waals surface area (Å²) in [5, 5.41) is 21.1. The van der Waals surface area contributed by atoms with Crippen LogP contribution in [0.2, 0.25) is 0 Å². The van der Waals surface area contributed by atoms with Gasteiger partial charge in [-0.2, -0.15) is 0 Å². The molecule has 1 amide bonds. The molecule has 0 saturated heterocycles. The molecule has 0 aromatic heterocycles. The van der Waals surface area contributed by atoms with Gasteiger partial charge in [-0.15, -0.1) is 0 Å². The van der Waals surface area contributed by atoms with E-state index in [1.165, 1.54) is 0 Å². The van der Waals surface area contributed by atoms with E-state index in [1.54, 1.807) is 0 Å². The highest BCUT2D eigenvalue weighted by molar-refractivity contribution is 5.81. The molecule has 2 atom stereocenters. The van der Waals surface area contributed by atoms with Crippen LogP contribution in [0.5, 0.6) is 0 Å². The molecule has 2 unspecified atom stereocenters. The van der Waals surface area contributed by atoms with E-state index in [0.29, 0.717) is 6.42 Å². The molecule has 5 heteroatoms. The number of carboxylic acid groups (broad SMARTS) is 1. The molecular formula is C13H15NO4. The first-order valence-corrected chi connectivity index (χ1v) is 5.85. The third-order valence-corrected chi connectivity index (χ3v) is 3.09. The van der Waals surface area contributed by atoms with Crippen LogP contribution in [-0.4, -0.2) is 28.2 Å². The monoisotopic (exact) mass is 249 g/mol. The van der Waals surface area contributed by atoms with Gasteiger partial charge < -0.3 is 15.5 Å². The van der Waals surface area contributed by atoms with Crippen molar-refractivity contribution >= 4 is 11.9 Å². The minimum absolute atomic E-state index is 0.0687. The lowest BCUT2D eigenvalue weighted by molar-refractivity contribution is -0.139. The summed E-state index contributed by atoms with van der Waals surface area (Å²) in [6.45, 7) is 0. The number of benzene rings is 1. The Morgan fingerprint density at radius 2 is 2.00 bits per heavy atom. The molecule has 0 spiro atoms. The Balaban J connectivity index is 2.01. The topological polar surface area (TPSA) is 86.6 Å². The summed E-state index contributed by atoms with van der Waals surface area (Å²) in [5.74, 6) is -1.35. The number of aliphatic hydroxyl groups is 1. The number of carbonyl (C=O) groups is 2. The van der Waals surface area contributed by atoms with Crippen LogP contribution in [0.15, 0.2) is 24.3 Å². The third-order valence-electron chi connectivity index (χ3n) is 3.09. The van der Waals surface area contributed by atoms with Gasteiger partial charge in [0, 0.05) is 12.8 Å². The molecule has 1 aliphatic carbocycles. The van der Waals surface area contributed by atoms with Crippen molar-refractivity contribution in [2.24, 2.45) is 0 Å². The summed E-state index contributed by atoms with van der Waals surface area (Å²) in [4.78, 5) is 21.9. The van der Waals surface area contributed by atoms with Gasteiger partial charge >= 0.3 is 5.97 Å². The van der Waals surface area contributed by atoms with Crippen molar-refractivity contribution in [1.82, 2.24) is 5.32 Å². The summed E-state index contributed by atoms with van der Waals surface area (Å²) in [7, 11) is 0.